The quantitative estimate of drug-likeness (QED) is 0.844. The van der Waals surface area contributed by atoms with Crippen molar-refractivity contribution in [1.29, 1.82) is 0 Å². The normalized spacial score (nSPS) is 16.2. The van der Waals surface area contributed by atoms with Crippen molar-refractivity contribution in [2.75, 3.05) is 32.8 Å². The van der Waals surface area contributed by atoms with Gasteiger partial charge >= 0.3 is 0 Å². The van der Waals surface area contributed by atoms with Crippen molar-refractivity contribution in [3.63, 3.8) is 0 Å². The molecular weight excluding hydrogens is 348 g/mol. The number of amides is 2. The number of carbonyl (C=O) groups is 2. The van der Waals surface area contributed by atoms with E-state index < -0.39 is 0 Å². The molecule has 7 heteroatoms. The molecule has 0 saturated carbocycles. The van der Waals surface area contributed by atoms with Crippen molar-refractivity contribution in [2.24, 2.45) is 0 Å². The van der Waals surface area contributed by atoms with Crippen LogP contribution in [-0.4, -0.2) is 45.7 Å². The smallest absolute Gasteiger partial charge is 0.251 e. The summed E-state index contributed by atoms with van der Waals surface area (Å²) in [5.74, 6) is 1.56. The van der Waals surface area contributed by atoms with Gasteiger partial charge in [-0.3, -0.25) is 9.59 Å². The Morgan fingerprint density at radius 2 is 1.70 bits per heavy atom. The van der Waals surface area contributed by atoms with E-state index >= 15 is 0 Å². The largest absolute Gasteiger partial charge is 0.497 e. The van der Waals surface area contributed by atoms with Crippen LogP contribution in [0.25, 0.3) is 0 Å². The third-order valence-electron chi connectivity index (χ3n) is 4.49. The van der Waals surface area contributed by atoms with Crippen LogP contribution in [0.15, 0.2) is 42.5 Å². The first kappa shape index (κ1) is 18.6. The van der Waals surface area contributed by atoms with Crippen LogP contribution in [0.1, 0.15) is 16.8 Å². The minimum Gasteiger partial charge on any atom is -0.497 e. The van der Waals surface area contributed by atoms with E-state index in [4.69, 9.17) is 14.2 Å². The second-order valence-corrected chi connectivity index (χ2v) is 6.15. The molecule has 7 nitrogen and oxygen atoms in total. The Hall–Kier alpha value is -3.22. The molecule has 0 unspecified atom stereocenters. The molecule has 1 fully saturated rings. The minimum atomic E-state index is -0.264. The number of anilines is 1. The van der Waals surface area contributed by atoms with Gasteiger partial charge in [0.15, 0.2) is 11.5 Å². The predicted molar refractivity (Wildman–Crippen MR) is 101 cm³/mol. The summed E-state index contributed by atoms with van der Waals surface area (Å²) in [5, 5.41) is 2.92. The summed E-state index contributed by atoms with van der Waals surface area (Å²) in [4.78, 5) is 26.5. The molecule has 0 aromatic heterocycles. The van der Waals surface area contributed by atoms with Gasteiger partial charge in [-0.15, -0.1) is 0 Å². The fourth-order valence-electron chi connectivity index (χ4n) is 3.06. The molecule has 2 amide bonds. The van der Waals surface area contributed by atoms with Gasteiger partial charge in [-0.2, -0.15) is 0 Å². The molecule has 0 radical (unpaired) electrons. The third-order valence-corrected chi connectivity index (χ3v) is 4.49. The Labute approximate surface area is 157 Å². The number of carbonyl (C=O) groups excluding carboxylic acids is 2. The molecule has 142 valence electrons. The van der Waals surface area contributed by atoms with Crippen molar-refractivity contribution in [2.45, 2.75) is 12.5 Å². The average Bonchev–Trinajstić information content (AvgIpc) is 3.07. The second-order valence-electron chi connectivity index (χ2n) is 6.15. The Morgan fingerprint density at radius 1 is 1.00 bits per heavy atom. The van der Waals surface area contributed by atoms with Crippen molar-refractivity contribution in [1.82, 2.24) is 5.32 Å². The van der Waals surface area contributed by atoms with E-state index in [2.05, 4.69) is 5.32 Å². The molecule has 0 spiro atoms. The van der Waals surface area contributed by atoms with Gasteiger partial charge in [0.1, 0.15) is 5.75 Å². The van der Waals surface area contributed by atoms with Gasteiger partial charge in [0.25, 0.3) is 5.91 Å². The Balaban J connectivity index is 1.69. The van der Waals surface area contributed by atoms with Crippen molar-refractivity contribution < 1.29 is 23.8 Å². The van der Waals surface area contributed by atoms with E-state index in [-0.39, 0.29) is 24.3 Å². The van der Waals surface area contributed by atoms with Crippen LogP contribution in [0.4, 0.5) is 5.69 Å². The fourth-order valence-corrected chi connectivity index (χ4v) is 3.06. The third kappa shape index (κ3) is 3.97. The van der Waals surface area contributed by atoms with Crippen molar-refractivity contribution in [3.05, 3.63) is 48.0 Å². The number of rotatable bonds is 6. The monoisotopic (exact) mass is 370 g/mol. The van der Waals surface area contributed by atoms with E-state index in [1.165, 1.54) is 0 Å². The molecule has 1 atom stereocenters. The van der Waals surface area contributed by atoms with E-state index in [1.807, 2.05) is 0 Å². The van der Waals surface area contributed by atoms with Gasteiger partial charge in [0, 0.05) is 30.3 Å². The molecule has 1 N–H and O–H groups in total. The Bertz CT molecular complexity index is 835. The molecule has 0 aliphatic carbocycles. The first-order valence-electron chi connectivity index (χ1n) is 8.53. The van der Waals surface area contributed by atoms with Gasteiger partial charge in [-0.05, 0) is 36.4 Å². The number of nitrogens with zero attached hydrogens (tertiary/aromatic N) is 1. The van der Waals surface area contributed by atoms with Gasteiger partial charge in [0.2, 0.25) is 5.91 Å². The molecule has 0 bridgehead atoms. The summed E-state index contributed by atoms with van der Waals surface area (Å²) in [6.07, 6.45) is 0.246. The summed E-state index contributed by atoms with van der Waals surface area (Å²) in [7, 11) is 4.68. The lowest BCUT2D eigenvalue weighted by atomic mass is 10.2. The van der Waals surface area contributed by atoms with Crippen LogP contribution in [-0.2, 0) is 4.79 Å². The van der Waals surface area contributed by atoms with E-state index in [1.54, 1.807) is 68.7 Å². The minimum absolute atomic E-state index is 0.0535. The second kappa shape index (κ2) is 7.99. The average molecular weight is 370 g/mol. The summed E-state index contributed by atoms with van der Waals surface area (Å²) >= 11 is 0. The maximum Gasteiger partial charge on any atom is 0.251 e. The number of benzene rings is 2. The number of hydrogen-bond acceptors (Lipinski definition) is 5. The number of ether oxygens (including phenoxy) is 3. The van der Waals surface area contributed by atoms with Crippen LogP contribution in [0, 0.1) is 0 Å². The Kier molecular flexibility index (Phi) is 5.49. The standard InChI is InChI=1S/C20H22N2O5/c1-25-16-7-4-13(5-8-16)20(24)21-14-10-19(23)22(12-14)15-6-9-17(26-2)18(11-15)27-3/h4-9,11,14H,10,12H2,1-3H3,(H,21,24)/t14-/m1/s1. The fraction of sp³-hybridized carbons (Fsp3) is 0.300. The van der Waals surface area contributed by atoms with Gasteiger partial charge in [-0.1, -0.05) is 0 Å². The summed E-state index contributed by atoms with van der Waals surface area (Å²) in [6, 6.07) is 11.9. The highest BCUT2D eigenvalue weighted by Crippen LogP contribution is 2.33. The van der Waals surface area contributed by atoms with Crippen LogP contribution in [0.5, 0.6) is 17.2 Å². The van der Waals surface area contributed by atoms with Gasteiger partial charge in [0.05, 0.1) is 27.4 Å². The highest BCUT2D eigenvalue weighted by Gasteiger charge is 2.32. The lowest BCUT2D eigenvalue weighted by molar-refractivity contribution is -0.117. The maximum atomic E-state index is 12.4. The zero-order valence-corrected chi connectivity index (χ0v) is 15.5. The predicted octanol–water partition coefficient (Wildman–Crippen LogP) is 2.25. The highest BCUT2D eigenvalue weighted by atomic mass is 16.5. The number of methoxy groups -OCH3 is 3. The van der Waals surface area contributed by atoms with Crippen LogP contribution in [0.3, 0.4) is 0 Å². The first-order chi connectivity index (χ1) is 13.0. The molecule has 3 rings (SSSR count). The molecule has 1 aliphatic heterocycles. The number of nitrogens with one attached hydrogen (secondary N) is 1. The highest BCUT2D eigenvalue weighted by molar-refractivity contribution is 5.99. The first-order valence-corrected chi connectivity index (χ1v) is 8.53. The summed E-state index contributed by atoms with van der Waals surface area (Å²) < 4.78 is 15.6. The SMILES string of the molecule is COc1ccc(C(=O)N[C@@H]2CC(=O)N(c3ccc(OC)c(OC)c3)C2)cc1. The van der Waals surface area contributed by atoms with E-state index in [0.29, 0.717) is 35.0 Å². The lowest BCUT2D eigenvalue weighted by Gasteiger charge is -2.19. The molecule has 1 aliphatic rings. The van der Waals surface area contributed by atoms with E-state index in [9.17, 15) is 9.59 Å². The molecule has 2 aromatic carbocycles. The molecular formula is C20H22N2O5. The molecule has 1 saturated heterocycles. The topological polar surface area (TPSA) is 77.1 Å². The van der Waals surface area contributed by atoms with Crippen LogP contribution in [0.2, 0.25) is 0 Å². The zero-order chi connectivity index (χ0) is 19.4. The summed E-state index contributed by atoms with van der Waals surface area (Å²) in [5.41, 5.74) is 1.23. The lowest BCUT2D eigenvalue weighted by Crippen LogP contribution is -2.37. The molecule has 1 heterocycles. The van der Waals surface area contributed by atoms with E-state index in [0.717, 1.165) is 0 Å². The van der Waals surface area contributed by atoms with Gasteiger partial charge < -0.3 is 24.4 Å². The number of hydrogen-bond donors (Lipinski definition) is 1. The summed E-state index contributed by atoms with van der Waals surface area (Å²) in [6.45, 7) is 0.399. The molecule has 2 aromatic rings. The van der Waals surface area contributed by atoms with Crippen molar-refractivity contribution >= 4 is 17.5 Å². The van der Waals surface area contributed by atoms with Gasteiger partial charge in [-0.25, -0.2) is 0 Å². The van der Waals surface area contributed by atoms with Crippen LogP contribution < -0.4 is 24.4 Å². The van der Waals surface area contributed by atoms with Crippen LogP contribution >= 0.6 is 0 Å². The zero-order valence-electron chi connectivity index (χ0n) is 15.5. The molecule has 27 heavy (non-hydrogen) atoms. The maximum absolute atomic E-state index is 12.4. The van der Waals surface area contributed by atoms with Crippen molar-refractivity contribution in [3.8, 4) is 17.2 Å². The Morgan fingerprint density at radius 3 is 2.33 bits per heavy atom.